The van der Waals surface area contributed by atoms with E-state index >= 15 is 0 Å². The van der Waals surface area contributed by atoms with Crippen molar-refractivity contribution in [1.29, 1.82) is 0 Å². The van der Waals surface area contributed by atoms with Gasteiger partial charge in [0.05, 0.1) is 12.7 Å². The van der Waals surface area contributed by atoms with Gasteiger partial charge in [0.15, 0.2) is 5.82 Å². The summed E-state index contributed by atoms with van der Waals surface area (Å²) in [7, 11) is 0. The zero-order valence-electron chi connectivity index (χ0n) is 8.89. The van der Waals surface area contributed by atoms with E-state index in [2.05, 4.69) is 20.5 Å². The molecule has 1 N–H and O–H groups in total. The van der Waals surface area contributed by atoms with Gasteiger partial charge < -0.3 is 9.88 Å². The summed E-state index contributed by atoms with van der Waals surface area (Å²) in [6.07, 6.45) is 2.85. The smallest absolute Gasteiger partial charge is 0.152 e. The van der Waals surface area contributed by atoms with Crippen molar-refractivity contribution < 1.29 is 4.39 Å². The topological polar surface area (TPSA) is 55.6 Å². The van der Waals surface area contributed by atoms with E-state index in [0.717, 1.165) is 12.4 Å². The largest absolute Gasteiger partial charge is 0.363 e. The highest BCUT2D eigenvalue weighted by Gasteiger charge is 2.02. The van der Waals surface area contributed by atoms with Gasteiger partial charge in [-0.25, -0.2) is 9.37 Å². The molecule has 2 rings (SSSR count). The molecule has 0 radical (unpaired) electrons. The van der Waals surface area contributed by atoms with Gasteiger partial charge in [-0.3, -0.25) is 0 Å². The molecule has 16 heavy (non-hydrogen) atoms. The summed E-state index contributed by atoms with van der Waals surface area (Å²) in [5.41, 5.74) is 0. The normalized spacial score (nSPS) is 10.4. The number of aromatic nitrogens is 4. The van der Waals surface area contributed by atoms with Crippen LogP contribution in [0, 0.1) is 5.82 Å². The van der Waals surface area contributed by atoms with Crippen LogP contribution in [0.5, 0.6) is 0 Å². The molecule has 0 aliphatic carbocycles. The van der Waals surface area contributed by atoms with Crippen molar-refractivity contribution in [3.05, 3.63) is 36.3 Å². The van der Waals surface area contributed by atoms with Crippen molar-refractivity contribution in [1.82, 2.24) is 19.7 Å². The molecule has 0 amide bonds. The van der Waals surface area contributed by atoms with E-state index < -0.39 is 0 Å². The average molecular weight is 221 g/mol. The first kappa shape index (κ1) is 10.5. The van der Waals surface area contributed by atoms with Crippen molar-refractivity contribution in [2.45, 2.75) is 20.0 Å². The predicted molar refractivity (Wildman–Crippen MR) is 57.2 cm³/mol. The Kier molecular flexibility index (Phi) is 3.09. The summed E-state index contributed by atoms with van der Waals surface area (Å²) in [6, 6.07) is 2.95. The molecular weight excluding hydrogens is 209 g/mol. The SMILES string of the molecule is CCn1cnnc1CNc1ccc(F)cn1. The van der Waals surface area contributed by atoms with Gasteiger partial charge in [-0.1, -0.05) is 0 Å². The molecule has 0 saturated heterocycles. The van der Waals surface area contributed by atoms with Gasteiger partial charge in [0, 0.05) is 6.54 Å². The Bertz CT molecular complexity index is 450. The Labute approximate surface area is 92.3 Å². The van der Waals surface area contributed by atoms with Crippen LogP contribution >= 0.6 is 0 Å². The lowest BCUT2D eigenvalue weighted by atomic mass is 10.4. The van der Waals surface area contributed by atoms with E-state index in [-0.39, 0.29) is 5.82 Å². The summed E-state index contributed by atoms with van der Waals surface area (Å²) in [5, 5.41) is 10.8. The molecule has 5 nitrogen and oxygen atoms in total. The van der Waals surface area contributed by atoms with E-state index in [4.69, 9.17) is 0 Å². The first-order valence-corrected chi connectivity index (χ1v) is 5.01. The first-order chi connectivity index (χ1) is 7.79. The van der Waals surface area contributed by atoms with E-state index in [1.165, 1.54) is 12.3 Å². The summed E-state index contributed by atoms with van der Waals surface area (Å²) in [4.78, 5) is 3.89. The molecule has 0 aromatic carbocycles. The number of pyridine rings is 1. The van der Waals surface area contributed by atoms with Crippen molar-refractivity contribution in [3.8, 4) is 0 Å². The lowest BCUT2D eigenvalue weighted by Gasteiger charge is -2.05. The quantitative estimate of drug-likeness (QED) is 0.848. The third kappa shape index (κ3) is 2.33. The minimum Gasteiger partial charge on any atom is -0.363 e. The lowest BCUT2D eigenvalue weighted by Crippen LogP contribution is -2.08. The number of nitrogens with one attached hydrogen (secondary N) is 1. The summed E-state index contributed by atoms with van der Waals surface area (Å²) in [5.74, 6) is 1.10. The van der Waals surface area contributed by atoms with Crippen molar-refractivity contribution >= 4 is 5.82 Å². The number of rotatable bonds is 4. The van der Waals surface area contributed by atoms with Crippen LogP contribution in [0.4, 0.5) is 10.2 Å². The molecule has 2 aromatic rings. The van der Waals surface area contributed by atoms with Crippen LogP contribution in [0.3, 0.4) is 0 Å². The van der Waals surface area contributed by atoms with Crippen LogP contribution in [0.1, 0.15) is 12.7 Å². The molecule has 2 aromatic heterocycles. The molecule has 0 spiro atoms. The molecule has 2 heterocycles. The maximum absolute atomic E-state index is 12.6. The van der Waals surface area contributed by atoms with Crippen LogP contribution in [0.25, 0.3) is 0 Å². The molecule has 84 valence electrons. The second-order valence-corrected chi connectivity index (χ2v) is 3.25. The van der Waals surface area contributed by atoms with Crippen molar-refractivity contribution in [2.75, 3.05) is 5.32 Å². The molecule has 0 aliphatic rings. The zero-order valence-corrected chi connectivity index (χ0v) is 8.89. The van der Waals surface area contributed by atoms with Crippen molar-refractivity contribution in [2.24, 2.45) is 0 Å². The third-order valence-electron chi connectivity index (χ3n) is 2.19. The minimum absolute atomic E-state index is 0.345. The van der Waals surface area contributed by atoms with E-state index in [0.29, 0.717) is 12.4 Å². The van der Waals surface area contributed by atoms with Gasteiger partial charge in [-0.15, -0.1) is 10.2 Å². The predicted octanol–water partition coefficient (Wildman–Crippen LogP) is 1.44. The number of aryl methyl sites for hydroxylation is 1. The Balaban J connectivity index is 1.99. The van der Waals surface area contributed by atoms with Gasteiger partial charge in [0.25, 0.3) is 0 Å². The highest BCUT2D eigenvalue weighted by Crippen LogP contribution is 2.05. The second-order valence-electron chi connectivity index (χ2n) is 3.25. The molecule has 0 atom stereocenters. The zero-order chi connectivity index (χ0) is 11.4. The molecular formula is C10H12FN5. The first-order valence-electron chi connectivity index (χ1n) is 5.01. The fourth-order valence-corrected chi connectivity index (χ4v) is 1.33. The highest BCUT2D eigenvalue weighted by atomic mass is 19.1. The number of halogens is 1. The Morgan fingerprint density at radius 1 is 1.44 bits per heavy atom. The van der Waals surface area contributed by atoms with Gasteiger partial charge in [0.1, 0.15) is 18.0 Å². The monoisotopic (exact) mass is 221 g/mol. The van der Waals surface area contributed by atoms with Crippen LogP contribution in [0.2, 0.25) is 0 Å². The van der Waals surface area contributed by atoms with E-state index in [9.17, 15) is 4.39 Å². The van der Waals surface area contributed by atoms with Crippen LogP contribution in [-0.4, -0.2) is 19.7 Å². The van der Waals surface area contributed by atoms with Crippen LogP contribution < -0.4 is 5.32 Å². The molecule has 0 bridgehead atoms. The Hall–Kier alpha value is -1.98. The molecule has 0 saturated carbocycles. The number of anilines is 1. The Morgan fingerprint density at radius 2 is 2.31 bits per heavy atom. The van der Waals surface area contributed by atoms with E-state index in [1.807, 2.05) is 11.5 Å². The van der Waals surface area contributed by atoms with Gasteiger partial charge in [0.2, 0.25) is 0 Å². The average Bonchev–Trinajstić information content (AvgIpc) is 2.76. The molecule has 6 heteroatoms. The van der Waals surface area contributed by atoms with Crippen molar-refractivity contribution in [3.63, 3.8) is 0 Å². The second kappa shape index (κ2) is 4.69. The standard InChI is InChI=1S/C10H12FN5/c1-2-16-7-14-15-10(16)6-13-9-4-3-8(11)5-12-9/h3-5,7H,2,6H2,1H3,(H,12,13). The molecule has 0 fully saturated rings. The fourth-order valence-electron chi connectivity index (χ4n) is 1.33. The number of hydrogen-bond acceptors (Lipinski definition) is 4. The molecule has 0 unspecified atom stereocenters. The lowest BCUT2D eigenvalue weighted by molar-refractivity contribution is 0.621. The summed E-state index contributed by atoms with van der Waals surface area (Å²) >= 11 is 0. The Morgan fingerprint density at radius 3 is 3.00 bits per heavy atom. The highest BCUT2D eigenvalue weighted by molar-refractivity contribution is 5.33. The fraction of sp³-hybridized carbons (Fsp3) is 0.300. The summed E-state index contributed by atoms with van der Waals surface area (Å²) < 4.78 is 14.5. The third-order valence-corrected chi connectivity index (χ3v) is 2.19. The van der Waals surface area contributed by atoms with Gasteiger partial charge >= 0.3 is 0 Å². The number of nitrogens with zero attached hydrogens (tertiary/aromatic N) is 4. The molecule has 0 aliphatic heterocycles. The maximum Gasteiger partial charge on any atom is 0.152 e. The van der Waals surface area contributed by atoms with Gasteiger partial charge in [-0.2, -0.15) is 0 Å². The number of hydrogen-bond donors (Lipinski definition) is 1. The van der Waals surface area contributed by atoms with E-state index in [1.54, 1.807) is 12.4 Å². The van der Waals surface area contributed by atoms with Crippen LogP contribution in [-0.2, 0) is 13.1 Å². The van der Waals surface area contributed by atoms with Gasteiger partial charge in [-0.05, 0) is 19.1 Å². The summed E-state index contributed by atoms with van der Waals surface area (Å²) in [6.45, 7) is 3.36. The minimum atomic E-state index is -0.345. The van der Waals surface area contributed by atoms with Crippen LogP contribution in [0.15, 0.2) is 24.7 Å². The maximum atomic E-state index is 12.6.